The van der Waals surface area contributed by atoms with E-state index in [-0.39, 0.29) is 0 Å². The van der Waals surface area contributed by atoms with Gasteiger partial charge in [0.1, 0.15) is 0 Å². The minimum Gasteiger partial charge on any atom is -0.465 e. The maximum Gasteiger partial charge on any atom is 0.320 e. The van der Waals surface area contributed by atoms with Gasteiger partial charge in [-0.05, 0) is 26.7 Å². The monoisotopic (exact) mass is 518 g/mol. The number of halogens is 1. The Hall–Kier alpha value is -0.580. The van der Waals surface area contributed by atoms with Crippen molar-refractivity contribution in [2.45, 2.75) is 136 Å². The zero-order valence-electron chi connectivity index (χ0n) is 21.1. The van der Waals surface area contributed by atoms with Gasteiger partial charge in [-0.15, -0.1) is 0 Å². The smallest absolute Gasteiger partial charge is 0.320 e. The van der Waals surface area contributed by atoms with Crippen LogP contribution in [0.4, 0.5) is 0 Å². The van der Waals surface area contributed by atoms with E-state index in [0.29, 0.717) is 19.6 Å². The number of esters is 2. The maximum absolute atomic E-state index is 12.0. The largest absolute Gasteiger partial charge is 0.465 e. The average Bonchev–Trinajstić information content (AvgIpc) is 2.78. The Morgan fingerprint density at radius 2 is 0.812 bits per heavy atom. The van der Waals surface area contributed by atoms with Crippen molar-refractivity contribution in [3.8, 4) is 0 Å². The van der Waals surface area contributed by atoms with Crippen LogP contribution < -0.4 is 0 Å². The third kappa shape index (κ3) is 20.1. The molecule has 0 aliphatic carbocycles. The van der Waals surface area contributed by atoms with Crippen molar-refractivity contribution in [2.75, 3.05) is 18.5 Å². The molecule has 190 valence electrons. The Kier molecular flexibility index (Phi) is 24.6. The van der Waals surface area contributed by atoms with Crippen molar-refractivity contribution in [2.24, 2.45) is 5.92 Å². The van der Waals surface area contributed by atoms with Gasteiger partial charge in [0.25, 0.3) is 0 Å². The molecule has 0 spiro atoms. The predicted octanol–water partition coefficient (Wildman–Crippen LogP) is 8.54. The lowest BCUT2D eigenvalue weighted by Crippen LogP contribution is -2.28. The first-order valence-electron chi connectivity index (χ1n) is 13.6. The predicted molar refractivity (Wildman–Crippen MR) is 138 cm³/mol. The average molecular weight is 520 g/mol. The number of hydrogen-bond donors (Lipinski definition) is 0. The van der Waals surface area contributed by atoms with Crippen LogP contribution in [-0.2, 0) is 19.1 Å². The van der Waals surface area contributed by atoms with E-state index < -0.39 is 17.9 Å². The Labute approximate surface area is 207 Å². The molecule has 0 saturated heterocycles. The van der Waals surface area contributed by atoms with Crippen LogP contribution in [0.5, 0.6) is 0 Å². The number of hydrogen-bond acceptors (Lipinski definition) is 4. The third-order valence-corrected chi connectivity index (χ3v) is 6.58. The molecule has 5 heteroatoms. The standard InChI is InChI=1S/C27H51BrO4/c1-3-31-26(29)25(27(30)32-4-2)23-21-19-17-15-13-11-9-7-5-6-8-10-12-14-16-18-20-22-24-28/h25H,3-24H2,1-2H3. The lowest BCUT2D eigenvalue weighted by atomic mass is 9.99. The summed E-state index contributed by atoms with van der Waals surface area (Å²) < 4.78 is 10.0. The Balaban J connectivity index is 3.44. The molecule has 0 bridgehead atoms. The van der Waals surface area contributed by atoms with E-state index in [0.717, 1.165) is 18.2 Å². The molecule has 0 atom stereocenters. The SMILES string of the molecule is CCOC(=O)C(CCCCCCCCCCCCCCCCCCCCBr)C(=O)OCC. The fourth-order valence-corrected chi connectivity index (χ4v) is 4.49. The lowest BCUT2D eigenvalue weighted by Gasteiger charge is -2.14. The van der Waals surface area contributed by atoms with Gasteiger partial charge in [-0.25, -0.2) is 0 Å². The molecule has 0 aromatic heterocycles. The van der Waals surface area contributed by atoms with Crippen LogP contribution in [0.3, 0.4) is 0 Å². The quantitative estimate of drug-likeness (QED) is 0.0555. The Morgan fingerprint density at radius 1 is 0.531 bits per heavy atom. The summed E-state index contributed by atoms with van der Waals surface area (Å²) in [7, 11) is 0. The normalized spacial score (nSPS) is 11.1. The summed E-state index contributed by atoms with van der Waals surface area (Å²) in [5.74, 6) is -1.63. The van der Waals surface area contributed by atoms with E-state index in [2.05, 4.69) is 15.9 Å². The molecule has 0 unspecified atom stereocenters. The Bertz CT molecular complexity index is 410. The summed E-state index contributed by atoms with van der Waals surface area (Å²) in [6.07, 6.45) is 24.3. The second-order valence-electron chi connectivity index (χ2n) is 8.90. The number of unbranched alkanes of at least 4 members (excludes halogenated alkanes) is 17. The van der Waals surface area contributed by atoms with Crippen LogP contribution in [0.2, 0.25) is 0 Å². The molecule has 0 fully saturated rings. The number of carbonyl (C=O) groups is 2. The van der Waals surface area contributed by atoms with E-state index in [9.17, 15) is 9.59 Å². The topological polar surface area (TPSA) is 52.6 Å². The van der Waals surface area contributed by atoms with Gasteiger partial charge in [0, 0.05) is 5.33 Å². The highest BCUT2D eigenvalue weighted by atomic mass is 79.9. The Morgan fingerprint density at radius 3 is 1.09 bits per heavy atom. The fraction of sp³-hybridized carbons (Fsp3) is 0.926. The van der Waals surface area contributed by atoms with Crippen molar-refractivity contribution in [3.63, 3.8) is 0 Å². The molecule has 0 heterocycles. The summed E-state index contributed by atoms with van der Waals surface area (Å²) in [6, 6.07) is 0. The van der Waals surface area contributed by atoms with Crippen LogP contribution in [0.1, 0.15) is 136 Å². The van der Waals surface area contributed by atoms with Crippen molar-refractivity contribution in [3.05, 3.63) is 0 Å². The first kappa shape index (κ1) is 31.4. The van der Waals surface area contributed by atoms with Gasteiger partial charge in [0.15, 0.2) is 5.92 Å². The van der Waals surface area contributed by atoms with Crippen LogP contribution in [0.15, 0.2) is 0 Å². The van der Waals surface area contributed by atoms with E-state index in [4.69, 9.17) is 9.47 Å². The molecule has 0 aliphatic heterocycles. The molecule has 0 radical (unpaired) electrons. The molecule has 0 rings (SSSR count). The lowest BCUT2D eigenvalue weighted by molar-refractivity contribution is -0.161. The molecule has 32 heavy (non-hydrogen) atoms. The molecule has 0 aromatic carbocycles. The van der Waals surface area contributed by atoms with Gasteiger partial charge in [-0.2, -0.15) is 0 Å². The minimum absolute atomic E-state index is 0.298. The van der Waals surface area contributed by atoms with Crippen LogP contribution in [0, 0.1) is 5.92 Å². The second kappa shape index (κ2) is 25.1. The molecule has 0 saturated carbocycles. The van der Waals surface area contributed by atoms with Crippen molar-refractivity contribution in [1.82, 2.24) is 0 Å². The van der Waals surface area contributed by atoms with E-state index in [1.807, 2.05) is 0 Å². The molecule has 4 nitrogen and oxygen atoms in total. The van der Waals surface area contributed by atoms with Crippen LogP contribution >= 0.6 is 15.9 Å². The number of alkyl halides is 1. The molecular formula is C27H51BrO4. The fourth-order valence-electron chi connectivity index (χ4n) is 4.09. The zero-order valence-corrected chi connectivity index (χ0v) is 22.7. The van der Waals surface area contributed by atoms with Crippen molar-refractivity contribution in [1.29, 1.82) is 0 Å². The molecule has 0 amide bonds. The van der Waals surface area contributed by atoms with E-state index in [1.165, 1.54) is 103 Å². The van der Waals surface area contributed by atoms with Gasteiger partial charge in [-0.1, -0.05) is 125 Å². The summed E-state index contributed by atoms with van der Waals surface area (Å²) >= 11 is 3.49. The van der Waals surface area contributed by atoms with Crippen molar-refractivity contribution < 1.29 is 19.1 Å². The summed E-state index contributed by atoms with van der Waals surface area (Å²) in [5, 5.41) is 1.16. The molecular weight excluding hydrogens is 468 g/mol. The summed E-state index contributed by atoms with van der Waals surface area (Å²) in [5.41, 5.74) is 0. The highest BCUT2D eigenvalue weighted by molar-refractivity contribution is 9.09. The van der Waals surface area contributed by atoms with Gasteiger partial charge in [0.05, 0.1) is 13.2 Å². The van der Waals surface area contributed by atoms with Crippen molar-refractivity contribution >= 4 is 27.9 Å². The van der Waals surface area contributed by atoms with Gasteiger partial charge < -0.3 is 9.47 Å². The zero-order chi connectivity index (χ0) is 23.7. The number of ether oxygens (including phenoxy) is 2. The molecule has 0 N–H and O–H groups in total. The highest BCUT2D eigenvalue weighted by Gasteiger charge is 2.28. The maximum atomic E-state index is 12.0. The van der Waals surface area contributed by atoms with Gasteiger partial charge in [-0.3, -0.25) is 9.59 Å². The van der Waals surface area contributed by atoms with Crippen LogP contribution in [-0.4, -0.2) is 30.5 Å². The summed E-state index contributed by atoms with van der Waals surface area (Å²) in [4.78, 5) is 23.9. The number of rotatable bonds is 24. The highest BCUT2D eigenvalue weighted by Crippen LogP contribution is 2.17. The second-order valence-corrected chi connectivity index (χ2v) is 9.69. The van der Waals surface area contributed by atoms with E-state index >= 15 is 0 Å². The first-order chi connectivity index (χ1) is 15.7. The first-order valence-corrected chi connectivity index (χ1v) is 14.7. The molecule has 0 aromatic rings. The third-order valence-electron chi connectivity index (χ3n) is 6.02. The van der Waals surface area contributed by atoms with Gasteiger partial charge in [0.2, 0.25) is 0 Å². The summed E-state index contributed by atoms with van der Waals surface area (Å²) in [6.45, 7) is 4.12. The number of carbonyl (C=O) groups excluding carboxylic acids is 2. The van der Waals surface area contributed by atoms with Gasteiger partial charge >= 0.3 is 11.9 Å². The van der Waals surface area contributed by atoms with E-state index in [1.54, 1.807) is 13.8 Å². The molecule has 0 aliphatic rings. The van der Waals surface area contributed by atoms with Crippen LogP contribution in [0.25, 0.3) is 0 Å². The minimum atomic E-state index is -0.751.